The van der Waals surface area contributed by atoms with Crippen molar-refractivity contribution in [1.29, 1.82) is 0 Å². The van der Waals surface area contributed by atoms with Gasteiger partial charge in [-0.1, -0.05) is 50.7 Å². The predicted octanol–water partition coefficient (Wildman–Crippen LogP) is 5.41. The molecule has 6 heteroatoms. The van der Waals surface area contributed by atoms with Gasteiger partial charge in [-0.15, -0.1) is 0 Å². The van der Waals surface area contributed by atoms with Gasteiger partial charge < -0.3 is 4.74 Å². The Bertz CT molecular complexity index is 835. The predicted molar refractivity (Wildman–Crippen MR) is 121 cm³/mol. The molecular weight excluding hydrogens is 396 g/mol. The summed E-state index contributed by atoms with van der Waals surface area (Å²) in [7, 11) is 1.37. The molecule has 1 aromatic carbocycles. The number of methoxy groups -OCH3 is 1. The third kappa shape index (κ3) is 4.80. The van der Waals surface area contributed by atoms with Crippen LogP contribution in [0, 0.1) is 0 Å². The summed E-state index contributed by atoms with van der Waals surface area (Å²) in [6.45, 7) is 0. The summed E-state index contributed by atoms with van der Waals surface area (Å²) in [6.07, 6.45) is 13.7. The van der Waals surface area contributed by atoms with Gasteiger partial charge >= 0.3 is 5.97 Å². The standard InChI is InChI=1S/C24H30N2O3S/c1-29-23(28)18-14-12-17(13-15-18)16-21-22(27)26(20-10-6-3-7-11-20)24(30-21)25-19-8-4-2-5-9-19/h12-16,19-20H,2-11H2,1H3. The largest absolute Gasteiger partial charge is 0.465 e. The summed E-state index contributed by atoms with van der Waals surface area (Å²) >= 11 is 1.52. The first-order chi connectivity index (χ1) is 14.7. The van der Waals surface area contributed by atoms with Gasteiger partial charge in [0.1, 0.15) is 0 Å². The number of benzene rings is 1. The third-order valence-corrected chi connectivity index (χ3v) is 7.27. The van der Waals surface area contributed by atoms with Gasteiger partial charge in [-0.3, -0.25) is 14.7 Å². The molecule has 2 saturated carbocycles. The second-order valence-electron chi connectivity index (χ2n) is 8.39. The minimum absolute atomic E-state index is 0.0819. The fourth-order valence-electron chi connectivity index (χ4n) is 4.59. The maximum Gasteiger partial charge on any atom is 0.337 e. The number of hydrogen-bond donors (Lipinski definition) is 0. The monoisotopic (exact) mass is 426 g/mol. The first kappa shape index (κ1) is 21.2. The van der Waals surface area contributed by atoms with Crippen LogP contribution >= 0.6 is 11.8 Å². The number of hydrogen-bond acceptors (Lipinski definition) is 5. The van der Waals surface area contributed by atoms with Crippen LogP contribution in [-0.2, 0) is 9.53 Å². The van der Waals surface area contributed by atoms with E-state index in [4.69, 9.17) is 9.73 Å². The lowest BCUT2D eigenvalue weighted by atomic mass is 9.94. The van der Waals surface area contributed by atoms with Crippen molar-refractivity contribution in [2.75, 3.05) is 7.11 Å². The van der Waals surface area contributed by atoms with Crippen LogP contribution in [0.5, 0.6) is 0 Å². The van der Waals surface area contributed by atoms with E-state index in [2.05, 4.69) is 0 Å². The minimum Gasteiger partial charge on any atom is -0.465 e. The molecule has 0 bridgehead atoms. The Hall–Kier alpha value is -2.08. The number of amides is 1. The molecule has 3 aliphatic rings. The first-order valence-corrected chi connectivity index (χ1v) is 12.0. The van der Waals surface area contributed by atoms with E-state index < -0.39 is 0 Å². The molecule has 1 aliphatic heterocycles. The summed E-state index contributed by atoms with van der Waals surface area (Å²) < 4.78 is 4.76. The second kappa shape index (κ2) is 9.82. The summed E-state index contributed by atoms with van der Waals surface area (Å²) in [6, 6.07) is 7.80. The number of amidine groups is 1. The highest BCUT2D eigenvalue weighted by atomic mass is 32.2. The van der Waals surface area contributed by atoms with E-state index in [0.717, 1.165) is 41.3 Å². The molecule has 4 rings (SSSR count). The molecule has 1 amide bonds. The lowest BCUT2D eigenvalue weighted by Crippen LogP contribution is -2.41. The van der Waals surface area contributed by atoms with Crippen LogP contribution in [-0.4, -0.2) is 41.1 Å². The Kier molecular flexibility index (Phi) is 6.93. The highest BCUT2D eigenvalue weighted by Gasteiger charge is 2.39. The zero-order valence-corrected chi connectivity index (χ0v) is 18.5. The fraction of sp³-hybridized carbons (Fsp3) is 0.542. The van der Waals surface area contributed by atoms with E-state index in [0.29, 0.717) is 11.6 Å². The summed E-state index contributed by atoms with van der Waals surface area (Å²) in [5.74, 6) is -0.274. The molecule has 0 atom stereocenters. The van der Waals surface area contributed by atoms with Crippen LogP contribution in [0.25, 0.3) is 6.08 Å². The highest BCUT2D eigenvalue weighted by molar-refractivity contribution is 8.18. The number of esters is 1. The molecule has 2 aliphatic carbocycles. The normalized spacial score (nSPS) is 24.0. The Morgan fingerprint density at radius 1 is 1.03 bits per heavy atom. The van der Waals surface area contributed by atoms with Crippen molar-refractivity contribution in [3.05, 3.63) is 40.3 Å². The van der Waals surface area contributed by atoms with E-state index in [1.165, 1.54) is 57.4 Å². The molecular formula is C24H30N2O3S. The van der Waals surface area contributed by atoms with E-state index in [1.54, 1.807) is 12.1 Å². The lowest BCUT2D eigenvalue weighted by molar-refractivity contribution is -0.124. The summed E-state index contributed by atoms with van der Waals surface area (Å²) in [5.41, 5.74) is 1.41. The van der Waals surface area contributed by atoms with E-state index >= 15 is 0 Å². The zero-order chi connectivity index (χ0) is 20.9. The molecule has 5 nitrogen and oxygen atoms in total. The molecule has 0 N–H and O–H groups in total. The van der Waals surface area contributed by atoms with Gasteiger partial charge in [-0.05, 0) is 61.2 Å². The number of carbonyl (C=O) groups excluding carboxylic acids is 2. The number of ether oxygens (including phenoxy) is 1. The molecule has 1 aromatic rings. The van der Waals surface area contributed by atoms with Crippen LogP contribution in [0.15, 0.2) is 34.2 Å². The Balaban J connectivity index is 1.59. The van der Waals surface area contributed by atoms with Gasteiger partial charge in [0.2, 0.25) is 0 Å². The van der Waals surface area contributed by atoms with Crippen molar-refractivity contribution in [2.45, 2.75) is 76.3 Å². The molecule has 0 aromatic heterocycles. The lowest BCUT2D eigenvalue weighted by Gasteiger charge is -2.31. The van der Waals surface area contributed by atoms with Crippen molar-refractivity contribution < 1.29 is 14.3 Å². The number of thioether (sulfide) groups is 1. The SMILES string of the molecule is COC(=O)c1ccc(C=C2SC(=NC3CCCCC3)N(C3CCCCC3)C2=O)cc1. The van der Waals surface area contributed by atoms with Crippen molar-refractivity contribution >= 4 is 34.9 Å². The smallest absolute Gasteiger partial charge is 0.337 e. The van der Waals surface area contributed by atoms with E-state index in [9.17, 15) is 9.59 Å². The molecule has 0 spiro atoms. The topological polar surface area (TPSA) is 59.0 Å². The average Bonchev–Trinajstić information content (AvgIpc) is 3.09. The van der Waals surface area contributed by atoms with Gasteiger partial charge in [0.05, 0.1) is 23.6 Å². The second-order valence-corrected chi connectivity index (χ2v) is 9.40. The number of aliphatic imine (C=N–C) groups is 1. The van der Waals surface area contributed by atoms with Crippen LogP contribution in [0.1, 0.15) is 80.1 Å². The van der Waals surface area contributed by atoms with Crippen molar-refractivity contribution in [3.63, 3.8) is 0 Å². The van der Waals surface area contributed by atoms with Crippen molar-refractivity contribution in [1.82, 2.24) is 4.90 Å². The molecule has 0 unspecified atom stereocenters. The highest BCUT2D eigenvalue weighted by Crippen LogP contribution is 2.38. The minimum atomic E-state index is -0.356. The Morgan fingerprint density at radius 3 is 2.30 bits per heavy atom. The number of rotatable bonds is 4. The van der Waals surface area contributed by atoms with Crippen LogP contribution in [0.2, 0.25) is 0 Å². The zero-order valence-electron chi connectivity index (χ0n) is 17.6. The van der Waals surface area contributed by atoms with E-state index in [-0.39, 0.29) is 17.9 Å². The number of nitrogens with zero attached hydrogens (tertiary/aromatic N) is 2. The van der Waals surface area contributed by atoms with Gasteiger partial charge in [0.25, 0.3) is 5.91 Å². The molecule has 3 fully saturated rings. The summed E-state index contributed by atoms with van der Waals surface area (Å²) in [4.78, 5) is 32.8. The van der Waals surface area contributed by atoms with Crippen molar-refractivity contribution in [3.8, 4) is 0 Å². The Labute approximate surface area is 183 Å². The first-order valence-electron chi connectivity index (χ1n) is 11.1. The van der Waals surface area contributed by atoms with Crippen molar-refractivity contribution in [2.24, 2.45) is 4.99 Å². The molecule has 160 valence electrons. The fourth-order valence-corrected chi connectivity index (χ4v) is 5.70. The maximum absolute atomic E-state index is 13.4. The van der Waals surface area contributed by atoms with Crippen LogP contribution in [0.3, 0.4) is 0 Å². The summed E-state index contributed by atoms with van der Waals surface area (Å²) in [5, 5.41) is 0.899. The van der Waals surface area contributed by atoms with Crippen LogP contribution in [0.4, 0.5) is 0 Å². The van der Waals surface area contributed by atoms with Crippen LogP contribution < -0.4 is 0 Å². The van der Waals surface area contributed by atoms with E-state index in [1.807, 2.05) is 23.1 Å². The van der Waals surface area contributed by atoms with Gasteiger partial charge in [0.15, 0.2) is 5.17 Å². The van der Waals surface area contributed by atoms with Gasteiger partial charge in [-0.2, -0.15) is 0 Å². The quantitative estimate of drug-likeness (QED) is 0.477. The average molecular weight is 427 g/mol. The van der Waals surface area contributed by atoms with Gasteiger partial charge in [-0.25, -0.2) is 4.79 Å². The number of carbonyl (C=O) groups is 2. The van der Waals surface area contributed by atoms with Gasteiger partial charge in [0, 0.05) is 6.04 Å². The third-order valence-electron chi connectivity index (χ3n) is 6.27. The Morgan fingerprint density at radius 2 is 1.67 bits per heavy atom. The molecule has 30 heavy (non-hydrogen) atoms. The maximum atomic E-state index is 13.4. The molecule has 1 heterocycles. The molecule has 0 radical (unpaired) electrons. The molecule has 1 saturated heterocycles.